The summed E-state index contributed by atoms with van der Waals surface area (Å²) in [6.07, 6.45) is 1.61. The summed E-state index contributed by atoms with van der Waals surface area (Å²) in [4.78, 5) is 24.0. The molecule has 1 amide bonds. The lowest BCUT2D eigenvalue weighted by molar-refractivity contribution is -0.116. The fourth-order valence-corrected chi connectivity index (χ4v) is 1.63. The van der Waals surface area contributed by atoms with Crippen molar-refractivity contribution < 1.29 is 9.59 Å². The van der Waals surface area contributed by atoms with Gasteiger partial charge in [-0.2, -0.15) is 0 Å². The summed E-state index contributed by atoms with van der Waals surface area (Å²) in [5, 5.41) is 2.71. The molecule has 0 aliphatic heterocycles. The maximum absolute atomic E-state index is 11.2. The van der Waals surface area contributed by atoms with E-state index in [9.17, 15) is 9.59 Å². The summed E-state index contributed by atoms with van der Waals surface area (Å²) < 4.78 is 0. The number of rotatable bonds is 5. The Hall–Kier alpha value is -1.68. The number of nitrogens with one attached hydrogen (secondary N) is 1. The molecule has 1 unspecified atom stereocenters. The quantitative estimate of drug-likeness (QED) is 0.807. The number of anilines is 1. The van der Waals surface area contributed by atoms with Gasteiger partial charge in [-0.1, -0.05) is 12.1 Å². The summed E-state index contributed by atoms with van der Waals surface area (Å²) in [6.45, 7) is 3.38. The van der Waals surface area contributed by atoms with Crippen LogP contribution in [0.5, 0.6) is 0 Å². The monoisotopic (exact) mass is 248 g/mol. The van der Waals surface area contributed by atoms with E-state index in [4.69, 9.17) is 0 Å². The Bertz CT molecular complexity index is 426. The molecule has 1 aromatic rings. The van der Waals surface area contributed by atoms with Crippen molar-refractivity contribution in [3.05, 3.63) is 29.8 Å². The zero-order valence-corrected chi connectivity index (χ0v) is 11.4. The molecule has 0 bridgehead atoms. The lowest BCUT2D eigenvalue weighted by atomic mass is 9.93. The summed E-state index contributed by atoms with van der Waals surface area (Å²) >= 11 is 0. The van der Waals surface area contributed by atoms with Gasteiger partial charge in [-0.15, -0.1) is 0 Å². The number of benzene rings is 1. The Morgan fingerprint density at radius 1 is 1.33 bits per heavy atom. The SMILES string of the molecule is CC(=O)Nc1ccc(CC(C)(C=O)N(C)C)cc1. The molecule has 0 radical (unpaired) electrons. The first kappa shape index (κ1) is 14.4. The molecule has 0 aliphatic carbocycles. The molecule has 4 heteroatoms. The van der Waals surface area contributed by atoms with E-state index in [0.29, 0.717) is 6.42 Å². The van der Waals surface area contributed by atoms with Gasteiger partial charge in [0.15, 0.2) is 0 Å². The highest BCUT2D eigenvalue weighted by Gasteiger charge is 2.26. The number of amides is 1. The highest BCUT2D eigenvalue weighted by molar-refractivity contribution is 5.88. The fourth-order valence-electron chi connectivity index (χ4n) is 1.63. The van der Waals surface area contributed by atoms with E-state index < -0.39 is 5.54 Å². The molecule has 0 saturated carbocycles. The second-order valence-corrected chi connectivity index (χ2v) is 4.92. The van der Waals surface area contributed by atoms with Crippen molar-refractivity contribution in [3.8, 4) is 0 Å². The highest BCUT2D eigenvalue weighted by atomic mass is 16.1. The van der Waals surface area contributed by atoms with Crippen LogP contribution in [0.1, 0.15) is 19.4 Å². The maximum atomic E-state index is 11.2. The first-order chi connectivity index (χ1) is 8.37. The average molecular weight is 248 g/mol. The van der Waals surface area contributed by atoms with Gasteiger partial charge in [0.25, 0.3) is 0 Å². The Balaban J connectivity index is 2.80. The van der Waals surface area contributed by atoms with Gasteiger partial charge < -0.3 is 10.1 Å². The van der Waals surface area contributed by atoms with Gasteiger partial charge in [0.1, 0.15) is 6.29 Å². The number of carbonyl (C=O) groups excluding carboxylic acids is 2. The van der Waals surface area contributed by atoms with E-state index in [-0.39, 0.29) is 5.91 Å². The Morgan fingerprint density at radius 3 is 2.28 bits per heavy atom. The maximum Gasteiger partial charge on any atom is 0.221 e. The van der Waals surface area contributed by atoms with Crippen LogP contribution in [-0.4, -0.2) is 36.7 Å². The van der Waals surface area contributed by atoms with Crippen LogP contribution < -0.4 is 5.32 Å². The topological polar surface area (TPSA) is 49.4 Å². The van der Waals surface area contributed by atoms with Crippen LogP contribution in [0, 0.1) is 0 Å². The summed E-state index contributed by atoms with van der Waals surface area (Å²) in [5.41, 5.74) is 1.33. The largest absolute Gasteiger partial charge is 0.326 e. The van der Waals surface area contributed by atoms with Crippen molar-refractivity contribution in [3.63, 3.8) is 0 Å². The van der Waals surface area contributed by atoms with Crippen LogP contribution >= 0.6 is 0 Å². The number of aldehydes is 1. The van der Waals surface area contributed by atoms with E-state index in [2.05, 4.69) is 5.32 Å². The minimum Gasteiger partial charge on any atom is -0.326 e. The van der Waals surface area contributed by atoms with Crippen molar-refractivity contribution >= 4 is 17.9 Å². The zero-order chi connectivity index (χ0) is 13.8. The molecule has 1 atom stereocenters. The lowest BCUT2D eigenvalue weighted by Crippen LogP contribution is -2.44. The number of hydrogen-bond donors (Lipinski definition) is 1. The normalized spacial score (nSPS) is 14.1. The third-order valence-electron chi connectivity index (χ3n) is 3.11. The lowest BCUT2D eigenvalue weighted by Gasteiger charge is -2.31. The summed E-state index contributed by atoms with van der Waals surface area (Å²) in [5.74, 6) is -0.0891. The van der Waals surface area contributed by atoms with E-state index in [1.54, 1.807) is 0 Å². The predicted molar refractivity (Wildman–Crippen MR) is 72.6 cm³/mol. The molecule has 18 heavy (non-hydrogen) atoms. The smallest absolute Gasteiger partial charge is 0.221 e. The van der Waals surface area contributed by atoms with Crippen molar-refractivity contribution in [2.45, 2.75) is 25.8 Å². The van der Waals surface area contributed by atoms with Crippen molar-refractivity contribution in [2.75, 3.05) is 19.4 Å². The third kappa shape index (κ3) is 3.67. The second-order valence-electron chi connectivity index (χ2n) is 4.92. The van der Waals surface area contributed by atoms with Crippen LogP contribution in [0.15, 0.2) is 24.3 Å². The van der Waals surface area contributed by atoms with E-state index >= 15 is 0 Å². The van der Waals surface area contributed by atoms with Crippen LogP contribution in [0.2, 0.25) is 0 Å². The molecule has 1 N–H and O–H groups in total. The first-order valence-corrected chi connectivity index (χ1v) is 5.88. The summed E-state index contributed by atoms with van der Waals surface area (Å²) in [6, 6.07) is 7.54. The van der Waals surface area contributed by atoms with Gasteiger partial charge in [0.2, 0.25) is 5.91 Å². The zero-order valence-electron chi connectivity index (χ0n) is 11.4. The molecular weight excluding hydrogens is 228 g/mol. The molecule has 1 rings (SSSR count). The Kier molecular flexibility index (Phi) is 4.62. The van der Waals surface area contributed by atoms with Gasteiger partial charge in [-0.3, -0.25) is 9.69 Å². The molecule has 0 aliphatic rings. The number of nitrogens with zero attached hydrogens (tertiary/aromatic N) is 1. The molecular formula is C14H20N2O2. The van der Waals surface area contributed by atoms with E-state index in [1.165, 1.54) is 6.92 Å². The standard InChI is InChI=1S/C14H20N2O2/c1-11(18)15-13-7-5-12(6-8-13)9-14(2,10-17)16(3)4/h5-8,10H,9H2,1-4H3,(H,15,18). The molecule has 0 saturated heterocycles. The van der Waals surface area contributed by atoms with Crippen LogP contribution in [-0.2, 0) is 16.0 Å². The van der Waals surface area contributed by atoms with Gasteiger partial charge in [0.05, 0.1) is 5.54 Å². The Labute approximate surface area is 108 Å². The van der Waals surface area contributed by atoms with Crippen molar-refractivity contribution in [2.24, 2.45) is 0 Å². The molecule has 0 fully saturated rings. The van der Waals surface area contributed by atoms with Crippen LogP contribution in [0.4, 0.5) is 5.69 Å². The summed E-state index contributed by atoms with van der Waals surface area (Å²) in [7, 11) is 3.78. The predicted octanol–water partition coefficient (Wildman–Crippen LogP) is 1.71. The molecule has 4 nitrogen and oxygen atoms in total. The molecule has 1 aromatic carbocycles. The Morgan fingerprint density at radius 2 is 1.89 bits per heavy atom. The van der Waals surface area contributed by atoms with Crippen molar-refractivity contribution in [1.29, 1.82) is 0 Å². The number of likely N-dealkylation sites (N-methyl/N-ethyl adjacent to an activating group) is 1. The molecule has 98 valence electrons. The van der Waals surface area contributed by atoms with Crippen molar-refractivity contribution in [1.82, 2.24) is 4.90 Å². The van der Waals surface area contributed by atoms with Crippen LogP contribution in [0.25, 0.3) is 0 Å². The first-order valence-electron chi connectivity index (χ1n) is 5.88. The highest BCUT2D eigenvalue weighted by Crippen LogP contribution is 2.18. The van der Waals surface area contributed by atoms with Crippen LogP contribution in [0.3, 0.4) is 0 Å². The molecule has 0 aromatic heterocycles. The number of carbonyl (C=O) groups is 2. The van der Waals surface area contributed by atoms with Gasteiger partial charge in [-0.05, 0) is 45.1 Å². The van der Waals surface area contributed by atoms with Gasteiger partial charge in [0, 0.05) is 12.6 Å². The number of hydrogen-bond acceptors (Lipinski definition) is 3. The fraction of sp³-hybridized carbons (Fsp3) is 0.429. The minimum absolute atomic E-state index is 0.0891. The third-order valence-corrected chi connectivity index (χ3v) is 3.11. The average Bonchev–Trinajstić information content (AvgIpc) is 2.30. The van der Waals surface area contributed by atoms with E-state index in [1.807, 2.05) is 50.2 Å². The molecule has 0 heterocycles. The molecule has 0 spiro atoms. The second kappa shape index (κ2) is 5.78. The van der Waals surface area contributed by atoms with Gasteiger partial charge in [-0.25, -0.2) is 0 Å². The van der Waals surface area contributed by atoms with E-state index in [0.717, 1.165) is 17.5 Å². The minimum atomic E-state index is -0.504. The van der Waals surface area contributed by atoms with Gasteiger partial charge >= 0.3 is 0 Å².